The minimum atomic E-state index is -0.415. The zero-order valence-corrected chi connectivity index (χ0v) is 26.8. The van der Waals surface area contributed by atoms with Crippen molar-refractivity contribution in [2.24, 2.45) is 11.8 Å². The third-order valence-corrected chi connectivity index (χ3v) is 8.06. The fourth-order valence-corrected chi connectivity index (χ4v) is 6.04. The Morgan fingerprint density at radius 3 is 1.83 bits per heavy atom. The number of unbranched alkanes of at least 4 members (excludes halogenated alkanes) is 12. The molecule has 1 saturated carbocycles. The highest BCUT2D eigenvalue weighted by Gasteiger charge is 2.45. The van der Waals surface area contributed by atoms with Gasteiger partial charge in [0.05, 0.1) is 0 Å². The van der Waals surface area contributed by atoms with Crippen LogP contribution in [0.2, 0.25) is 0 Å². The van der Waals surface area contributed by atoms with Crippen LogP contribution in [0.5, 0.6) is 0 Å². The summed E-state index contributed by atoms with van der Waals surface area (Å²) in [5.41, 5.74) is 0. The molecule has 7 nitrogen and oxygen atoms in total. The molecule has 0 heterocycles. The van der Waals surface area contributed by atoms with Crippen molar-refractivity contribution in [1.82, 2.24) is 0 Å². The summed E-state index contributed by atoms with van der Waals surface area (Å²) in [6.45, 7) is 6.45. The van der Waals surface area contributed by atoms with Gasteiger partial charge in [-0.25, -0.2) is 0 Å². The Labute approximate surface area is 253 Å². The van der Waals surface area contributed by atoms with E-state index >= 15 is 0 Å². The molecule has 0 radical (unpaired) electrons. The maximum absolute atomic E-state index is 11.9. The number of rotatable bonds is 23. The molecule has 0 aromatic carbocycles. The first kappa shape index (κ1) is 37.1. The van der Waals surface area contributed by atoms with E-state index in [4.69, 9.17) is 25.8 Å². The van der Waals surface area contributed by atoms with Crippen molar-refractivity contribution in [3.05, 3.63) is 12.2 Å². The number of carbonyl (C=O) groups excluding carboxylic acids is 4. The van der Waals surface area contributed by atoms with Crippen LogP contribution >= 0.6 is 11.6 Å². The average molecular weight is 599 g/mol. The number of halogens is 1. The third kappa shape index (κ3) is 18.3. The molecule has 0 spiro atoms. The van der Waals surface area contributed by atoms with Crippen molar-refractivity contribution in [2.45, 2.75) is 162 Å². The Bertz CT molecular complexity index is 796. The first-order valence-electron chi connectivity index (χ1n) is 16.0. The van der Waals surface area contributed by atoms with Gasteiger partial charge in [-0.2, -0.15) is 0 Å². The molecule has 0 bridgehead atoms. The van der Waals surface area contributed by atoms with E-state index < -0.39 is 6.10 Å². The van der Waals surface area contributed by atoms with Gasteiger partial charge in [0.15, 0.2) is 0 Å². The van der Waals surface area contributed by atoms with Crippen molar-refractivity contribution in [3.63, 3.8) is 0 Å². The molecule has 8 heteroatoms. The fraction of sp³-hybridized carbons (Fsp3) is 0.818. The van der Waals surface area contributed by atoms with Gasteiger partial charge in [-0.05, 0) is 43.4 Å². The Kier molecular flexibility index (Phi) is 20.5. The molecule has 0 aromatic heterocycles. The van der Waals surface area contributed by atoms with Crippen molar-refractivity contribution < 1.29 is 33.4 Å². The SMILES string of the molecule is CCCCCCCCCCCC[C@@H](/C=C/[C@@H]1[C@@H](CCCCCCC(=O)Cl)[C@@H](OC(C)=O)C[C@H]1OC(C)=O)OC(C)=O. The first-order valence-corrected chi connectivity index (χ1v) is 16.4. The van der Waals surface area contributed by atoms with Crippen LogP contribution in [0.3, 0.4) is 0 Å². The Hall–Kier alpha value is -1.89. The van der Waals surface area contributed by atoms with E-state index in [9.17, 15) is 19.2 Å². The van der Waals surface area contributed by atoms with E-state index in [2.05, 4.69) is 6.92 Å². The first-order chi connectivity index (χ1) is 19.6. The van der Waals surface area contributed by atoms with E-state index in [0.717, 1.165) is 51.4 Å². The Morgan fingerprint density at radius 2 is 1.27 bits per heavy atom. The number of hydrogen-bond acceptors (Lipinski definition) is 7. The van der Waals surface area contributed by atoms with Gasteiger partial charge in [0, 0.05) is 45.4 Å². The second-order valence-electron chi connectivity index (χ2n) is 11.6. The number of ether oxygens (including phenoxy) is 3. The normalized spacial score (nSPS) is 21.1. The Balaban J connectivity index is 2.78. The predicted molar refractivity (Wildman–Crippen MR) is 162 cm³/mol. The highest BCUT2D eigenvalue weighted by molar-refractivity contribution is 6.63. The molecule has 1 rings (SSSR count). The largest absolute Gasteiger partial charge is 0.462 e. The van der Waals surface area contributed by atoms with E-state index in [0.29, 0.717) is 12.8 Å². The van der Waals surface area contributed by atoms with Gasteiger partial charge in [0.2, 0.25) is 5.24 Å². The maximum atomic E-state index is 11.9. The second kappa shape index (κ2) is 22.7. The number of carbonyl (C=O) groups is 4. The van der Waals surface area contributed by atoms with Crippen LogP contribution < -0.4 is 0 Å². The van der Waals surface area contributed by atoms with Crippen LogP contribution in [0, 0.1) is 11.8 Å². The minimum Gasteiger partial charge on any atom is -0.462 e. The molecule has 5 atom stereocenters. The zero-order valence-electron chi connectivity index (χ0n) is 26.0. The van der Waals surface area contributed by atoms with Crippen molar-refractivity contribution >= 4 is 34.8 Å². The van der Waals surface area contributed by atoms with Gasteiger partial charge in [-0.3, -0.25) is 19.2 Å². The molecule has 0 unspecified atom stereocenters. The van der Waals surface area contributed by atoms with Crippen LogP contribution in [0.4, 0.5) is 0 Å². The van der Waals surface area contributed by atoms with Gasteiger partial charge in [-0.15, -0.1) is 0 Å². The summed E-state index contributed by atoms with van der Waals surface area (Å²) >= 11 is 5.44. The molecule has 0 N–H and O–H groups in total. The summed E-state index contributed by atoms with van der Waals surface area (Å²) in [4.78, 5) is 46.6. The van der Waals surface area contributed by atoms with Crippen LogP contribution in [0.25, 0.3) is 0 Å². The van der Waals surface area contributed by atoms with Gasteiger partial charge in [0.25, 0.3) is 0 Å². The molecule has 236 valence electrons. The van der Waals surface area contributed by atoms with Gasteiger partial charge in [0.1, 0.15) is 18.3 Å². The molecule has 41 heavy (non-hydrogen) atoms. The quantitative estimate of drug-likeness (QED) is 0.0383. The van der Waals surface area contributed by atoms with Crippen molar-refractivity contribution in [3.8, 4) is 0 Å². The smallest absolute Gasteiger partial charge is 0.303 e. The number of esters is 3. The fourth-order valence-electron chi connectivity index (χ4n) is 5.91. The van der Waals surface area contributed by atoms with Gasteiger partial charge >= 0.3 is 17.9 Å². The molecule has 0 amide bonds. The maximum Gasteiger partial charge on any atom is 0.303 e. The predicted octanol–water partition coefficient (Wildman–Crippen LogP) is 8.39. The second-order valence-corrected chi connectivity index (χ2v) is 12.0. The standard InChI is InChI=1S/C33H55ClO7/c1-5-6-7-8-9-10-11-12-13-16-19-28(39-25(2)35)22-23-30-29(20-17-14-15-18-21-33(34)38)31(40-26(3)36)24-32(30)41-27(4)37/h22-23,28-32H,5-21,24H2,1-4H3/b23-22+/t28-,29+,30+,31-,32+/m0/s1. The molecule has 1 aliphatic carbocycles. The summed E-state index contributed by atoms with van der Waals surface area (Å²) in [7, 11) is 0. The third-order valence-electron chi connectivity index (χ3n) is 7.87. The molecular formula is C33H55ClO7. The Morgan fingerprint density at radius 1 is 0.732 bits per heavy atom. The van der Waals surface area contributed by atoms with Crippen LogP contribution in [0.15, 0.2) is 12.2 Å². The van der Waals surface area contributed by atoms with E-state index in [1.54, 1.807) is 0 Å². The summed E-state index contributed by atoms with van der Waals surface area (Å²) < 4.78 is 17.0. The van der Waals surface area contributed by atoms with Crippen LogP contribution in [-0.2, 0) is 33.4 Å². The lowest BCUT2D eigenvalue weighted by Crippen LogP contribution is -2.26. The van der Waals surface area contributed by atoms with Crippen LogP contribution in [0.1, 0.15) is 143 Å². The minimum absolute atomic E-state index is 0.0236. The lowest BCUT2D eigenvalue weighted by molar-refractivity contribution is -0.149. The molecule has 0 aliphatic heterocycles. The monoisotopic (exact) mass is 598 g/mol. The molecule has 1 aliphatic rings. The summed E-state index contributed by atoms with van der Waals surface area (Å²) in [6, 6.07) is 0. The van der Waals surface area contributed by atoms with E-state index in [-0.39, 0.29) is 47.2 Å². The highest BCUT2D eigenvalue weighted by Crippen LogP contribution is 2.41. The zero-order chi connectivity index (χ0) is 30.5. The van der Waals surface area contributed by atoms with Crippen molar-refractivity contribution in [2.75, 3.05) is 0 Å². The molecule has 1 fully saturated rings. The lowest BCUT2D eigenvalue weighted by Gasteiger charge is -2.24. The highest BCUT2D eigenvalue weighted by atomic mass is 35.5. The number of hydrogen-bond donors (Lipinski definition) is 0. The summed E-state index contributed by atoms with van der Waals surface area (Å²) in [5.74, 6) is -1.23. The molecule has 0 aromatic rings. The van der Waals surface area contributed by atoms with E-state index in [1.165, 1.54) is 72.1 Å². The lowest BCUT2D eigenvalue weighted by atomic mass is 9.87. The molecule has 0 saturated heterocycles. The average Bonchev–Trinajstić information content (AvgIpc) is 3.19. The topological polar surface area (TPSA) is 96.0 Å². The summed E-state index contributed by atoms with van der Waals surface area (Å²) in [5, 5.41) is -0.315. The van der Waals surface area contributed by atoms with Crippen LogP contribution in [-0.4, -0.2) is 41.5 Å². The van der Waals surface area contributed by atoms with Crippen molar-refractivity contribution in [1.29, 1.82) is 0 Å². The van der Waals surface area contributed by atoms with Gasteiger partial charge in [-0.1, -0.05) is 90.0 Å². The molecular weight excluding hydrogens is 544 g/mol. The van der Waals surface area contributed by atoms with E-state index in [1.807, 2.05) is 12.2 Å². The summed E-state index contributed by atoms with van der Waals surface area (Å²) in [6.07, 6.45) is 21.0. The van der Waals surface area contributed by atoms with Gasteiger partial charge < -0.3 is 14.2 Å².